The van der Waals surface area contributed by atoms with Crippen LogP contribution in [0.25, 0.3) is 0 Å². The van der Waals surface area contributed by atoms with E-state index in [2.05, 4.69) is 32.7 Å². The molecule has 2 atom stereocenters. The maximum atomic E-state index is 9.28. The molecule has 0 aromatic carbocycles. The molecule has 0 fully saturated rings. The third-order valence-corrected chi connectivity index (χ3v) is 2.75. The molecule has 0 aliphatic rings. The maximum absolute atomic E-state index is 9.28. The molecule has 0 saturated carbocycles. The van der Waals surface area contributed by atoms with E-state index in [0.717, 1.165) is 13.0 Å². The first-order chi connectivity index (χ1) is 5.99. The Balaban J connectivity index is 3.67. The van der Waals surface area contributed by atoms with E-state index in [-0.39, 0.29) is 6.10 Å². The van der Waals surface area contributed by atoms with Gasteiger partial charge in [0.25, 0.3) is 0 Å². The van der Waals surface area contributed by atoms with Gasteiger partial charge in [-0.15, -0.1) is 0 Å². The van der Waals surface area contributed by atoms with Crippen LogP contribution < -0.4 is 5.73 Å². The molecule has 0 aliphatic carbocycles. The van der Waals surface area contributed by atoms with E-state index < -0.39 is 0 Å². The highest BCUT2D eigenvalue weighted by atomic mass is 16.3. The van der Waals surface area contributed by atoms with Crippen LogP contribution >= 0.6 is 0 Å². The predicted octanol–water partition coefficient (Wildman–Crippen LogP) is 0.672. The monoisotopic (exact) mass is 188 g/mol. The molecule has 0 radical (unpaired) electrons. The lowest BCUT2D eigenvalue weighted by molar-refractivity contribution is 0.133. The van der Waals surface area contributed by atoms with Crippen molar-refractivity contribution in [2.45, 2.75) is 39.3 Å². The molecule has 0 heterocycles. The molecule has 0 spiro atoms. The molecular weight excluding hydrogens is 164 g/mol. The zero-order valence-electron chi connectivity index (χ0n) is 9.33. The minimum absolute atomic E-state index is 0.346. The summed E-state index contributed by atoms with van der Waals surface area (Å²) < 4.78 is 0. The van der Waals surface area contributed by atoms with Gasteiger partial charge in [0.1, 0.15) is 0 Å². The van der Waals surface area contributed by atoms with Crippen LogP contribution in [0.2, 0.25) is 0 Å². The highest BCUT2D eigenvalue weighted by Crippen LogP contribution is 2.08. The number of hydrogen-bond acceptors (Lipinski definition) is 3. The molecule has 13 heavy (non-hydrogen) atoms. The van der Waals surface area contributed by atoms with Crippen LogP contribution in [0.3, 0.4) is 0 Å². The van der Waals surface area contributed by atoms with Crippen LogP contribution in [0, 0.1) is 5.92 Å². The van der Waals surface area contributed by atoms with Gasteiger partial charge >= 0.3 is 0 Å². The summed E-state index contributed by atoms with van der Waals surface area (Å²) in [4.78, 5) is 2.27. The minimum Gasteiger partial charge on any atom is -0.392 e. The van der Waals surface area contributed by atoms with Crippen LogP contribution in [0.15, 0.2) is 0 Å². The van der Waals surface area contributed by atoms with Crippen LogP contribution in [-0.2, 0) is 0 Å². The summed E-state index contributed by atoms with van der Waals surface area (Å²) in [5.41, 5.74) is 5.33. The summed E-state index contributed by atoms with van der Waals surface area (Å²) in [6, 6.07) is 0.560. The third kappa shape index (κ3) is 5.24. The van der Waals surface area contributed by atoms with Gasteiger partial charge in [-0.05, 0) is 26.3 Å². The smallest absolute Gasteiger partial charge is 0.0674 e. The molecule has 3 N–H and O–H groups in total. The first-order valence-electron chi connectivity index (χ1n) is 5.07. The number of nitrogens with zero attached hydrogens (tertiary/aromatic N) is 1. The van der Waals surface area contributed by atoms with Crippen LogP contribution in [0.5, 0.6) is 0 Å². The van der Waals surface area contributed by atoms with Crippen molar-refractivity contribution in [3.8, 4) is 0 Å². The average Bonchev–Trinajstić information content (AvgIpc) is 2.11. The fourth-order valence-electron chi connectivity index (χ4n) is 1.18. The van der Waals surface area contributed by atoms with E-state index in [0.29, 0.717) is 18.5 Å². The molecular formula is C10H24N2O. The third-order valence-electron chi connectivity index (χ3n) is 2.75. The van der Waals surface area contributed by atoms with E-state index in [9.17, 15) is 5.11 Å². The maximum Gasteiger partial charge on any atom is 0.0674 e. The van der Waals surface area contributed by atoms with E-state index in [1.165, 1.54) is 0 Å². The number of nitrogens with two attached hydrogens (primary N) is 1. The van der Waals surface area contributed by atoms with Crippen LogP contribution in [-0.4, -0.2) is 42.3 Å². The van der Waals surface area contributed by atoms with E-state index in [4.69, 9.17) is 5.73 Å². The Hall–Kier alpha value is -0.120. The Bertz CT molecular complexity index is 128. The molecule has 0 bridgehead atoms. The quantitative estimate of drug-likeness (QED) is 0.644. The highest BCUT2D eigenvalue weighted by Gasteiger charge is 2.13. The molecule has 0 saturated heterocycles. The van der Waals surface area contributed by atoms with Crippen molar-refractivity contribution in [3.05, 3.63) is 0 Å². The number of aliphatic hydroxyl groups excluding tert-OH is 1. The van der Waals surface area contributed by atoms with Gasteiger partial charge in [0.2, 0.25) is 0 Å². The second-order valence-electron chi connectivity index (χ2n) is 4.14. The van der Waals surface area contributed by atoms with Gasteiger partial charge in [0.15, 0.2) is 0 Å². The summed E-state index contributed by atoms with van der Waals surface area (Å²) in [7, 11) is 2.09. The van der Waals surface area contributed by atoms with Crippen molar-refractivity contribution in [3.63, 3.8) is 0 Å². The van der Waals surface area contributed by atoms with Crippen LogP contribution in [0.4, 0.5) is 0 Å². The standard InChI is InChI=1S/C10H24N2O/c1-8(2)9(3)12(4)6-5-10(13)7-11/h8-10,13H,5-7,11H2,1-4H3. The van der Waals surface area contributed by atoms with E-state index >= 15 is 0 Å². The number of aliphatic hydroxyl groups is 1. The summed E-state index contributed by atoms with van der Waals surface area (Å²) >= 11 is 0. The average molecular weight is 188 g/mol. The fourth-order valence-corrected chi connectivity index (χ4v) is 1.18. The highest BCUT2D eigenvalue weighted by molar-refractivity contribution is 4.68. The molecule has 0 aromatic heterocycles. The second kappa shape index (κ2) is 6.35. The van der Waals surface area contributed by atoms with E-state index in [1.807, 2.05) is 0 Å². The van der Waals surface area contributed by atoms with Crippen molar-refractivity contribution >= 4 is 0 Å². The molecule has 3 heteroatoms. The zero-order chi connectivity index (χ0) is 10.4. The summed E-state index contributed by atoms with van der Waals surface area (Å²) in [6.45, 7) is 7.90. The van der Waals surface area contributed by atoms with Crippen LogP contribution in [0.1, 0.15) is 27.2 Å². The number of rotatable bonds is 6. The second-order valence-corrected chi connectivity index (χ2v) is 4.14. The van der Waals surface area contributed by atoms with Crippen molar-refractivity contribution < 1.29 is 5.11 Å². The van der Waals surface area contributed by atoms with Gasteiger partial charge in [-0.3, -0.25) is 0 Å². The lowest BCUT2D eigenvalue weighted by Gasteiger charge is -2.28. The minimum atomic E-state index is -0.346. The van der Waals surface area contributed by atoms with Crippen molar-refractivity contribution in [1.82, 2.24) is 4.90 Å². The molecule has 0 rings (SSSR count). The Morgan fingerprint density at radius 2 is 1.85 bits per heavy atom. The summed E-state index contributed by atoms with van der Waals surface area (Å²) in [6.07, 6.45) is 0.422. The fraction of sp³-hybridized carbons (Fsp3) is 1.00. The molecule has 0 aromatic rings. The molecule has 80 valence electrons. The normalized spacial score (nSPS) is 16.6. The first kappa shape index (κ1) is 12.9. The predicted molar refractivity (Wildman–Crippen MR) is 56.6 cm³/mol. The lowest BCUT2D eigenvalue weighted by atomic mass is 10.0. The Labute approximate surface area is 81.9 Å². The topological polar surface area (TPSA) is 49.5 Å². The number of hydrogen-bond donors (Lipinski definition) is 2. The molecule has 0 aliphatic heterocycles. The van der Waals surface area contributed by atoms with Gasteiger partial charge < -0.3 is 15.7 Å². The van der Waals surface area contributed by atoms with Crippen molar-refractivity contribution in [2.24, 2.45) is 11.7 Å². The molecule has 0 amide bonds. The van der Waals surface area contributed by atoms with Gasteiger partial charge in [0, 0.05) is 19.1 Å². The van der Waals surface area contributed by atoms with Gasteiger partial charge in [-0.1, -0.05) is 13.8 Å². The van der Waals surface area contributed by atoms with Gasteiger partial charge in [-0.2, -0.15) is 0 Å². The van der Waals surface area contributed by atoms with E-state index in [1.54, 1.807) is 0 Å². The van der Waals surface area contributed by atoms with Crippen molar-refractivity contribution in [2.75, 3.05) is 20.1 Å². The molecule has 3 nitrogen and oxygen atoms in total. The zero-order valence-corrected chi connectivity index (χ0v) is 9.33. The first-order valence-corrected chi connectivity index (χ1v) is 5.07. The summed E-state index contributed by atoms with van der Waals surface area (Å²) in [5.74, 6) is 0.653. The van der Waals surface area contributed by atoms with Gasteiger partial charge in [-0.25, -0.2) is 0 Å². The Morgan fingerprint density at radius 3 is 2.23 bits per heavy atom. The summed E-state index contributed by atoms with van der Waals surface area (Å²) in [5, 5.41) is 9.28. The SMILES string of the molecule is CC(C)C(C)N(C)CCC(O)CN. The van der Waals surface area contributed by atoms with Crippen molar-refractivity contribution in [1.29, 1.82) is 0 Å². The Kier molecular flexibility index (Phi) is 6.29. The van der Waals surface area contributed by atoms with Gasteiger partial charge in [0.05, 0.1) is 6.10 Å². The largest absolute Gasteiger partial charge is 0.392 e. The lowest BCUT2D eigenvalue weighted by Crippen LogP contribution is -2.36. The Morgan fingerprint density at radius 1 is 1.31 bits per heavy atom. The molecule has 2 unspecified atom stereocenters.